The number of ether oxygens (including phenoxy) is 1. The molecule has 2 atom stereocenters. The lowest BCUT2D eigenvalue weighted by molar-refractivity contribution is -0.156. The summed E-state index contributed by atoms with van der Waals surface area (Å²) in [6.07, 6.45) is 3.35. The van der Waals surface area contributed by atoms with Gasteiger partial charge in [0.1, 0.15) is 5.60 Å². The fraction of sp³-hybridized carbons (Fsp3) is 0.462. The number of carbonyl (C=O) groups excluding carboxylic acids is 1. The van der Waals surface area contributed by atoms with Crippen LogP contribution in [0.2, 0.25) is 0 Å². The first kappa shape index (κ1) is 22.9. The van der Waals surface area contributed by atoms with Crippen molar-refractivity contribution in [2.24, 2.45) is 10.9 Å². The normalized spacial score (nSPS) is 14.2. The molecule has 3 heteroatoms. The maximum atomic E-state index is 12.7. The minimum atomic E-state index is -0.526. The van der Waals surface area contributed by atoms with E-state index in [4.69, 9.17) is 4.74 Å². The minimum absolute atomic E-state index is 0.237. The van der Waals surface area contributed by atoms with Crippen molar-refractivity contribution in [3.8, 4) is 0 Å². The summed E-state index contributed by atoms with van der Waals surface area (Å²) in [5.41, 5.74) is 3.19. The zero-order valence-corrected chi connectivity index (χ0v) is 18.7. The Morgan fingerprint density at radius 1 is 0.931 bits per heavy atom. The van der Waals surface area contributed by atoms with Gasteiger partial charge in [0, 0.05) is 12.6 Å². The lowest BCUT2D eigenvalue weighted by atomic mass is 9.97. The highest BCUT2D eigenvalue weighted by molar-refractivity contribution is 5.79. The molecule has 2 unspecified atom stereocenters. The van der Waals surface area contributed by atoms with Gasteiger partial charge >= 0.3 is 5.97 Å². The van der Waals surface area contributed by atoms with Crippen LogP contribution in [0.15, 0.2) is 59.6 Å². The predicted octanol–water partition coefficient (Wildman–Crippen LogP) is 6.01. The topological polar surface area (TPSA) is 38.7 Å². The SMILES string of the molecule is CC(/C=N\C(Cc1ccccc1)C(=O)OC(C)(C)C)Cc1ccc(C(C)C)cc1. The Kier molecular flexibility index (Phi) is 8.19. The number of benzene rings is 2. The smallest absolute Gasteiger partial charge is 0.331 e. The Morgan fingerprint density at radius 3 is 2.07 bits per heavy atom. The number of esters is 1. The molecule has 3 nitrogen and oxygen atoms in total. The van der Waals surface area contributed by atoms with Crippen molar-refractivity contribution < 1.29 is 9.53 Å². The van der Waals surface area contributed by atoms with E-state index in [9.17, 15) is 4.79 Å². The molecule has 0 saturated carbocycles. The number of hydrogen-bond donors (Lipinski definition) is 0. The molecule has 2 aromatic carbocycles. The van der Waals surface area contributed by atoms with Gasteiger partial charge in [0.05, 0.1) is 0 Å². The molecule has 0 fully saturated rings. The molecule has 0 aromatic heterocycles. The molecule has 0 aliphatic heterocycles. The minimum Gasteiger partial charge on any atom is -0.458 e. The highest BCUT2D eigenvalue weighted by atomic mass is 16.6. The van der Waals surface area contributed by atoms with E-state index in [1.54, 1.807) is 0 Å². The number of carbonyl (C=O) groups is 1. The number of nitrogens with zero attached hydrogens (tertiary/aromatic N) is 1. The van der Waals surface area contributed by atoms with Crippen LogP contribution < -0.4 is 0 Å². The first-order valence-electron chi connectivity index (χ1n) is 10.5. The monoisotopic (exact) mass is 393 g/mol. The molecular weight excluding hydrogens is 358 g/mol. The molecule has 0 aliphatic carbocycles. The molecule has 0 bridgehead atoms. The Labute approximate surface area is 176 Å². The van der Waals surface area contributed by atoms with Crippen LogP contribution >= 0.6 is 0 Å². The van der Waals surface area contributed by atoms with E-state index >= 15 is 0 Å². The first-order chi connectivity index (χ1) is 13.6. The molecule has 2 aromatic rings. The highest BCUT2D eigenvalue weighted by Gasteiger charge is 2.24. The third kappa shape index (κ3) is 8.23. The summed E-state index contributed by atoms with van der Waals surface area (Å²) in [5, 5.41) is 0. The van der Waals surface area contributed by atoms with E-state index < -0.39 is 11.6 Å². The van der Waals surface area contributed by atoms with Gasteiger partial charge in [0.25, 0.3) is 0 Å². The van der Waals surface area contributed by atoms with Gasteiger partial charge in [-0.3, -0.25) is 4.99 Å². The lowest BCUT2D eigenvalue weighted by Gasteiger charge is -2.22. The largest absolute Gasteiger partial charge is 0.458 e. The summed E-state index contributed by atoms with van der Waals surface area (Å²) in [7, 11) is 0. The van der Waals surface area contributed by atoms with Crippen molar-refractivity contribution in [2.45, 2.75) is 71.9 Å². The number of hydrogen-bond acceptors (Lipinski definition) is 3. The standard InChI is InChI=1S/C26H35NO2/c1-19(2)23-14-12-22(13-15-23)16-20(3)18-27-24(25(28)29-26(4,5)6)17-21-10-8-7-9-11-21/h7-15,18-20,24H,16-17H2,1-6H3/b27-18-. The van der Waals surface area contributed by atoms with Crippen LogP contribution in [0, 0.1) is 5.92 Å². The third-order valence-corrected chi connectivity index (χ3v) is 4.68. The Balaban J connectivity index is 2.07. The Hall–Kier alpha value is -2.42. The summed E-state index contributed by atoms with van der Waals surface area (Å²) >= 11 is 0. The van der Waals surface area contributed by atoms with Crippen molar-refractivity contribution in [3.63, 3.8) is 0 Å². The van der Waals surface area contributed by atoms with Gasteiger partial charge in [0.15, 0.2) is 6.04 Å². The average Bonchev–Trinajstić information content (AvgIpc) is 2.65. The first-order valence-corrected chi connectivity index (χ1v) is 10.5. The fourth-order valence-corrected chi connectivity index (χ4v) is 3.12. The second-order valence-corrected chi connectivity index (χ2v) is 9.11. The van der Waals surface area contributed by atoms with E-state index in [0.717, 1.165) is 12.0 Å². The fourth-order valence-electron chi connectivity index (χ4n) is 3.12. The van der Waals surface area contributed by atoms with Crippen molar-refractivity contribution in [3.05, 3.63) is 71.3 Å². The van der Waals surface area contributed by atoms with Gasteiger partial charge in [0.2, 0.25) is 0 Å². The van der Waals surface area contributed by atoms with Crippen LogP contribution in [0.25, 0.3) is 0 Å². The molecule has 156 valence electrons. The maximum absolute atomic E-state index is 12.7. The Bertz CT molecular complexity index is 786. The molecule has 0 aliphatic rings. The van der Waals surface area contributed by atoms with E-state index in [1.165, 1.54) is 11.1 Å². The molecule has 0 spiro atoms. The van der Waals surface area contributed by atoms with E-state index in [2.05, 4.69) is 50.0 Å². The summed E-state index contributed by atoms with van der Waals surface area (Å²) in [4.78, 5) is 17.3. The van der Waals surface area contributed by atoms with Crippen molar-refractivity contribution in [1.82, 2.24) is 0 Å². The van der Waals surface area contributed by atoms with Crippen LogP contribution in [-0.2, 0) is 22.4 Å². The summed E-state index contributed by atoms with van der Waals surface area (Å²) in [5.74, 6) is 0.502. The third-order valence-electron chi connectivity index (χ3n) is 4.68. The van der Waals surface area contributed by atoms with Crippen LogP contribution in [-0.4, -0.2) is 23.8 Å². The molecule has 0 amide bonds. The summed E-state index contributed by atoms with van der Waals surface area (Å²) < 4.78 is 5.61. The molecule has 29 heavy (non-hydrogen) atoms. The van der Waals surface area contributed by atoms with Gasteiger partial charge in [-0.25, -0.2) is 4.79 Å². The number of rotatable bonds is 8. The summed E-state index contributed by atoms with van der Waals surface area (Å²) in [6, 6.07) is 18.2. The highest BCUT2D eigenvalue weighted by Crippen LogP contribution is 2.17. The van der Waals surface area contributed by atoms with Crippen LogP contribution in [0.3, 0.4) is 0 Å². The second-order valence-electron chi connectivity index (χ2n) is 9.11. The van der Waals surface area contributed by atoms with Gasteiger partial charge in [-0.15, -0.1) is 0 Å². The molecule has 2 rings (SSSR count). The van der Waals surface area contributed by atoms with Crippen molar-refractivity contribution in [2.75, 3.05) is 0 Å². The summed E-state index contributed by atoms with van der Waals surface area (Å²) in [6.45, 7) is 12.2. The average molecular weight is 394 g/mol. The lowest BCUT2D eigenvalue weighted by Crippen LogP contribution is -2.32. The van der Waals surface area contributed by atoms with E-state index in [-0.39, 0.29) is 11.9 Å². The molecule has 0 heterocycles. The van der Waals surface area contributed by atoms with Crippen LogP contribution in [0.1, 0.15) is 64.2 Å². The zero-order valence-electron chi connectivity index (χ0n) is 18.7. The van der Waals surface area contributed by atoms with Crippen molar-refractivity contribution in [1.29, 1.82) is 0 Å². The quantitative estimate of drug-likeness (QED) is 0.407. The molecule has 0 saturated heterocycles. The van der Waals surface area contributed by atoms with Gasteiger partial charge in [-0.05, 0) is 55.7 Å². The maximum Gasteiger partial charge on any atom is 0.331 e. The van der Waals surface area contributed by atoms with Crippen LogP contribution in [0.5, 0.6) is 0 Å². The van der Waals surface area contributed by atoms with E-state index in [0.29, 0.717) is 12.3 Å². The predicted molar refractivity (Wildman–Crippen MR) is 122 cm³/mol. The second kappa shape index (κ2) is 10.4. The van der Waals surface area contributed by atoms with Crippen molar-refractivity contribution >= 4 is 12.2 Å². The molecule has 0 N–H and O–H groups in total. The number of aliphatic imine (C=N–C) groups is 1. The van der Waals surface area contributed by atoms with Gasteiger partial charge in [-0.2, -0.15) is 0 Å². The Morgan fingerprint density at radius 2 is 1.52 bits per heavy atom. The van der Waals surface area contributed by atoms with E-state index in [1.807, 2.05) is 57.3 Å². The molecule has 0 radical (unpaired) electrons. The molecular formula is C26H35NO2. The van der Waals surface area contributed by atoms with Gasteiger partial charge < -0.3 is 4.74 Å². The van der Waals surface area contributed by atoms with Crippen LogP contribution in [0.4, 0.5) is 0 Å². The van der Waals surface area contributed by atoms with Gasteiger partial charge in [-0.1, -0.05) is 75.4 Å². The zero-order chi connectivity index (χ0) is 21.4.